The maximum absolute atomic E-state index is 12.9. The fourth-order valence-electron chi connectivity index (χ4n) is 8.03. The largest absolute Gasteiger partial charge is 0.466 e. The summed E-state index contributed by atoms with van der Waals surface area (Å²) in [6, 6.07) is 0.0601. The van der Waals surface area contributed by atoms with Gasteiger partial charge in [0.05, 0.1) is 13.2 Å². The maximum atomic E-state index is 12.9. The lowest BCUT2D eigenvalue weighted by atomic mass is 9.94. The lowest BCUT2D eigenvalue weighted by molar-refractivity contribution is -0.149. The van der Waals surface area contributed by atoms with Gasteiger partial charge in [0.15, 0.2) is 12.6 Å². The van der Waals surface area contributed by atoms with Crippen LogP contribution < -0.4 is 0 Å². The number of carbonyl (C=O) groups excluding carboxylic acids is 3. The Bertz CT molecular complexity index is 980. The number of unbranched alkanes of at least 4 members (excludes halogenated alkanes) is 14. The highest BCUT2D eigenvalue weighted by Crippen LogP contribution is 2.25. The smallest absolute Gasteiger partial charge is 0.316 e. The first-order valence-corrected chi connectivity index (χ1v) is 26.5. The second kappa shape index (κ2) is 43.1. The van der Waals surface area contributed by atoms with E-state index in [-0.39, 0.29) is 35.9 Å². The van der Waals surface area contributed by atoms with Crippen LogP contribution in [0.3, 0.4) is 0 Å². The maximum Gasteiger partial charge on any atom is 0.316 e. The van der Waals surface area contributed by atoms with E-state index < -0.39 is 0 Å². The van der Waals surface area contributed by atoms with Gasteiger partial charge < -0.3 is 38.2 Å². The van der Waals surface area contributed by atoms with Crippen molar-refractivity contribution in [3.05, 3.63) is 0 Å². The van der Waals surface area contributed by atoms with Gasteiger partial charge in [-0.25, -0.2) is 0 Å². The average Bonchev–Trinajstić information content (AvgIpc) is 3.27. The molecule has 0 saturated carbocycles. The Morgan fingerprint density at radius 1 is 0.508 bits per heavy atom. The van der Waals surface area contributed by atoms with Crippen LogP contribution in [0.4, 0.5) is 4.79 Å². The van der Waals surface area contributed by atoms with Gasteiger partial charge in [0.2, 0.25) is 0 Å². The van der Waals surface area contributed by atoms with Crippen molar-refractivity contribution >= 4 is 28.9 Å². The molecule has 1 aliphatic rings. The summed E-state index contributed by atoms with van der Waals surface area (Å²) in [6.07, 6.45) is 28.0. The molecule has 0 spiro atoms. The normalized spacial score (nSPS) is 13.7. The molecule has 372 valence electrons. The lowest BCUT2D eigenvalue weighted by Crippen LogP contribution is -2.43. The molecule has 0 aromatic rings. The summed E-state index contributed by atoms with van der Waals surface area (Å²) in [5.74, 6) is 0.167. The van der Waals surface area contributed by atoms with E-state index in [0.717, 1.165) is 219 Å². The first-order valence-electron chi connectivity index (χ1n) is 26.2. The summed E-state index contributed by atoms with van der Waals surface area (Å²) in [5, 5.41) is -0.364. The minimum Gasteiger partial charge on any atom is -0.466 e. The molecule has 11 nitrogen and oxygen atoms in total. The second-order valence-electron chi connectivity index (χ2n) is 18.1. The monoisotopic (exact) mass is 917 g/mol. The molecule has 0 unspecified atom stereocenters. The summed E-state index contributed by atoms with van der Waals surface area (Å²) < 4.78 is 35.2. The number of nitrogens with zero attached hydrogens (tertiary/aromatic N) is 2. The van der Waals surface area contributed by atoms with E-state index >= 15 is 0 Å². The van der Waals surface area contributed by atoms with Crippen LogP contribution in [0.5, 0.6) is 0 Å². The first kappa shape index (κ1) is 59.5. The van der Waals surface area contributed by atoms with Crippen LogP contribution in [0.15, 0.2) is 0 Å². The molecule has 0 aliphatic carbocycles. The predicted molar refractivity (Wildman–Crippen MR) is 257 cm³/mol. The summed E-state index contributed by atoms with van der Waals surface area (Å²) in [5.41, 5.74) is 0. The van der Waals surface area contributed by atoms with Crippen LogP contribution in [0.2, 0.25) is 0 Å². The summed E-state index contributed by atoms with van der Waals surface area (Å²) >= 11 is 6.29. The van der Waals surface area contributed by atoms with E-state index in [1.807, 2.05) is 4.90 Å². The fraction of sp³-hybridized carbons (Fsp3) is 0.941. The number of amides is 1. The molecule has 0 radical (unpaired) electrons. The lowest BCUT2D eigenvalue weighted by Gasteiger charge is -2.36. The van der Waals surface area contributed by atoms with Crippen LogP contribution in [0.1, 0.15) is 220 Å². The van der Waals surface area contributed by atoms with Crippen LogP contribution in [0, 0.1) is 5.92 Å². The van der Waals surface area contributed by atoms with Gasteiger partial charge in [-0.05, 0) is 153 Å². The minimum atomic E-state index is -0.364. The highest BCUT2D eigenvalue weighted by atomic mass is 35.5. The van der Waals surface area contributed by atoms with Crippen molar-refractivity contribution in [1.29, 1.82) is 0 Å². The number of hydrogen-bond acceptors (Lipinski definition) is 10. The van der Waals surface area contributed by atoms with Gasteiger partial charge in [0.1, 0.15) is 0 Å². The molecule has 0 N–H and O–H groups in total. The van der Waals surface area contributed by atoms with Crippen molar-refractivity contribution in [2.75, 3.05) is 66.3 Å². The third-order valence-corrected chi connectivity index (χ3v) is 12.4. The van der Waals surface area contributed by atoms with E-state index in [1.165, 1.54) is 0 Å². The molecular formula is C51H97ClN2O9. The van der Waals surface area contributed by atoms with Crippen molar-refractivity contribution in [2.45, 2.75) is 239 Å². The first-order chi connectivity index (χ1) is 30.7. The zero-order valence-corrected chi connectivity index (χ0v) is 42.1. The van der Waals surface area contributed by atoms with Gasteiger partial charge in [0, 0.05) is 51.9 Å². The molecule has 63 heavy (non-hydrogen) atoms. The topological polar surface area (TPSA) is 113 Å². The number of likely N-dealkylation sites (tertiary alicyclic amines) is 1. The minimum absolute atomic E-state index is 0.0601. The second-order valence-corrected chi connectivity index (χ2v) is 18.4. The van der Waals surface area contributed by atoms with E-state index in [2.05, 4.69) is 39.6 Å². The Labute approximate surface area is 391 Å². The van der Waals surface area contributed by atoms with Gasteiger partial charge in [-0.15, -0.1) is 0 Å². The molecule has 1 heterocycles. The van der Waals surface area contributed by atoms with Crippen LogP contribution in [0.25, 0.3) is 0 Å². The van der Waals surface area contributed by atoms with E-state index in [1.54, 1.807) is 0 Å². The Morgan fingerprint density at radius 3 is 1.24 bits per heavy atom. The number of esters is 2. The third-order valence-electron chi connectivity index (χ3n) is 12.2. The molecule has 0 atom stereocenters. The molecule has 0 aromatic heterocycles. The fourth-order valence-corrected chi connectivity index (χ4v) is 8.24. The van der Waals surface area contributed by atoms with E-state index in [0.29, 0.717) is 38.5 Å². The van der Waals surface area contributed by atoms with Gasteiger partial charge in [-0.1, -0.05) is 91.9 Å². The third kappa shape index (κ3) is 35.4. The van der Waals surface area contributed by atoms with Crippen molar-refractivity contribution in [2.24, 2.45) is 5.92 Å². The summed E-state index contributed by atoms with van der Waals surface area (Å²) in [7, 11) is 2.15. The van der Waals surface area contributed by atoms with Gasteiger partial charge in [0.25, 0.3) is 0 Å². The number of piperidine rings is 1. The van der Waals surface area contributed by atoms with Gasteiger partial charge in [-0.2, -0.15) is 0 Å². The number of carbonyl (C=O) groups is 3. The molecule has 1 amide bonds. The highest BCUT2D eigenvalue weighted by molar-refractivity contribution is 6.62. The molecule has 1 aliphatic heterocycles. The van der Waals surface area contributed by atoms with Gasteiger partial charge in [-0.3, -0.25) is 14.4 Å². The standard InChI is InChI=1S/C51H97ClN2O9/c1-6-10-22-40-60-49(61-41-23-11-7-2)32-20-18-30-47(55)58-38-26-14-16-28-46(54(51(52)57)44-45-34-36-53(5)37-35-45)29-17-15-27-39-59-48(56)31-19-21-33-50(62-42-24-12-8-3)63-43-25-13-9-4/h45-46,49-50H,6-44H2,1-5H3. The molecule has 1 saturated heterocycles. The van der Waals surface area contributed by atoms with Crippen LogP contribution >= 0.6 is 11.6 Å². The molecular weight excluding hydrogens is 820 g/mol. The van der Waals surface area contributed by atoms with Crippen molar-refractivity contribution in [3.63, 3.8) is 0 Å². The number of ether oxygens (including phenoxy) is 6. The zero-order valence-electron chi connectivity index (χ0n) is 41.3. The Kier molecular flexibility index (Phi) is 40.7. The molecule has 0 bridgehead atoms. The van der Waals surface area contributed by atoms with Crippen LogP contribution in [-0.2, 0) is 38.0 Å². The number of hydrogen-bond donors (Lipinski definition) is 0. The summed E-state index contributed by atoms with van der Waals surface area (Å²) in [4.78, 5) is 42.1. The highest BCUT2D eigenvalue weighted by Gasteiger charge is 2.27. The Morgan fingerprint density at radius 2 is 0.873 bits per heavy atom. The zero-order chi connectivity index (χ0) is 46.0. The number of halogens is 1. The van der Waals surface area contributed by atoms with E-state index in [9.17, 15) is 14.4 Å². The van der Waals surface area contributed by atoms with Crippen LogP contribution in [-0.4, -0.2) is 112 Å². The van der Waals surface area contributed by atoms with E-state index in [4.69, 9.17) is 40.0 Å². The Hall–Kier alpha value is -1.50. The Balaban J connectivity index is 2.45. The van der Waals surface area contributed by atoms with Crippen molar-refractivity contribution in [3.8, 4) is 0 Å². The molecule has 1 rings (SSSR count). The quantitative estimate of drug-likeness (QED) is 0.0192. The molecule has 12 heteroatoms. The summed E-state index contributed by atoms with van der Waals surface area (Å²) in [6.45, 7) is 15.3. The SMILES string of the molecule is CCCCCOC(CCCCC(=O)OCCCCCC(CCCCCOC(=O)CCCCC(OCCCCC)OCCCCC)N(CC1CCN(C)CC1)C(=O)Cl)OCCCCC. The van der Waals surface area contributed by atoms with Crippen molar-refractivity contribution in [1.82, 2.24) is 9.80 Å². The molecule has 0 aromatic carbocycles. The van der Waals surface area contributed by atoms with Crippen molar-refractivity contribution < 1.29 is 42.8 Å². The number of rotatable bonds is 45. The molecule has 1 fully saturated rings. The average molecular weight is 918 g/mol. The van der Waals surface area contributed by atoms with Gasteiger partial charge >= 0.3 is 17.3 Å². The predicted octanol–water partition coefficient (Wildman–Crippen LogP) is 13.2.